The van der Waals surface area contributed by atoms with E-state index in [9.17, 15) is 9.59 Å². The van der Waals surface area contributed by atoms with Gasteiger partial charge >= 0.3 is 0 Å². The van der Waals surface area contributed by atoms with Gasteiger partial charge in [0.25, 0.3) is 0 Å². The summed E-state index contributed by atoms with van der Waals surface area (Å²) in [4.78, 5) is 34.8. The van der Waals surface area contributed by atoms with Crippen molar-refractivity contribution in [2.45, 2.75) is 37.6 Å². The third-order valence-corrected chi connectivity index (χ3v) is 6.69. The van der Waals surface area contributed by atoms with Crippen LogP contribution in [0.4, 0.5) is 11.4 Å². The second-order valence-corrected chi connectivity index (χ2v) is 8.79. The van der Waals surface area contributed by atoms with Crippen molar-refractivity contribution in [2.24, 2.45) is 0 Å². The van der Waals surface area contributed by atoms with Crippen LogP contribution in [0.25, 0.3) is 10.2 Å². The van der Waals surface area contributed by atoms with E-state index in [1.165, 1.54) is 29.2 Å². The van der Waals surface area contributed by atoms with Crippen LogP contribution in [-0.2, 0) is 22.4 Å². The van der Waals surface area contributed by atoms with Crippen LogP contribution in [0.3, 0.4) is 0 Å². The molecule has 6 nitrogen and oxygen atoms in total. The monoisotopic (exact) mass is 412 g/mol. The number of aromatic nitrogens is 2. The van der Waals surface area contributed by atoms with Crippen LogP contribution in [0.15, 0.2) is 35.6 Å². The minimum absolute atomic E-state index is 0.0617. The molecule has 0 spiro atoms. The summed E-state index contributed by atoms with van der Waals surface area (Å²) >= 11 is 3.38. The Kier molecular flexibility index (Phi) is 5.59. The normalized spacial score (nSPS) is 12.8. The Morgan fingerprint density at radius 1 is 1.18 bits per heavy atom. The number of thioether (sulfide) groups is 1. The van der Waals surface area contributed by atoms with Crippen molar-refractivity contribution in [3.05, 3.63) is 41.0 Å². The quantitative estimate of drug-likeness (QED) is 0.467. The van der Waals surface area contributed by atoms with Crippen molar-refractivity contribution in [3.63, 3.8) is 0 Å². The van der Waals surface area contributed by atoms with Gasteiger partial charge in [0, 0.05) is 40.7 Å². The molecule has 1 aliphatic carbocycles. The van der Waals surface area contributed by atoms with E-state index in [4.69, 9.17) is 0 Å². The molecule has 0 atom stereocenters. The van der Waals surface area contributed by atoms with Crippen molar-refractivity contribution in [3.8, 4) is 0 Å². The van der Waals surface area contributed by atoms with Crippen molar-refractivity contribution in [1.29, 1.82) is 0 Å². The molecule has 0 saturated carbocycles. The first kappa shape index (κ1) is 18.9. The molecule has 28 heavy (non-hydrogen) atoms. The number of hydrogen-bond donors (Lipinski definition) is 2. The zero-order chi connectivity index (χ0) is 19.5. The largest absolute Gasteiger partial charge is 0.326 e. The predicted octanol–water partition coefficient (Wildman–Crippen LogP) is 4.26. The highest BCUT2D eigenvalue weighted by atomic mass is 32.2. The molecule has 0 aliphatic heterocycles. The van der Waals surface area contributed by atoms with Crippen LogP contribution in [0, 0.1) is 0 Å². The van der Waals surface area contributed by atoms with Crippen molar-refractivity contribution in [2.75, 3.05) is 16.4 Å². The minimum Gasteiger partial charge on any atom is -0.326 e. The van der Waals surface area contributed by atoms with Crippen molar-refractivity contribution >= 4 is 56.5 Å². The molecule has 0 radical (unpaired) electrons. The zero-order valence-electron chi connectivity index (χ0n) is 15.4. The van der Waals surface area contributed by atoms with Crippen LogP contribution in [0.5, 0.6) is 0 Å². The van der Waals surface area contributed by atoms with Crippen LogP contribution in [-0.4, -0.2) is 27.5 Å². The summed E-state index contributed by atoms with van der Waals surface area (Å²) in [5.41, 5.74) is 2.73. The second-order valence-electron chi connectivity index (χ2n) is 6.62. The van der Waals surface area contributed by atoms with Gasteiger partial charge in [0.1, 0.15) is 16.2 Å². The highest BCUT2D eigenvalue weighted by Gasteiger charge is 2.21. The minimum atomic E-state index is -0.143. The number of nitrogens with zero attached hydrogens (tertiary/aromatic N) is 2. The molecule has 0 bridgehead atoms. The van der Waals surface area contributed by atoms with Gasteiger partial charge in [-0.05, 0) is 43.0 Å². The molecule has 2 N–H and O–H groups in total. The average Bonchev–Trinajstić information content (AvgIpc) is 3.22. The Hall–Kier alpha value is -2.45. The van der Waals surface area contributed by atoms with Gasteiger partial charge < -0.3 is 10.6 Å². The highest BCUT2D eigenvalue weighted by Crippen LogP contribution is 2.40. The standard InChI is InChI=1S/C20H20N4O2S2/c1-12(25)23-13-4-2-5-14(10-13)24-17(26)8-9-27-19-18-15-6-3-7-16(15)28-20(18)22-11-21-19/h2,4-5,10-11H,3,6-9H2,1H3,(H,23,25)(H,24,26). The van der Waals surface area contributed by atoms with Crippen molar-refractivity contribution in [1.82, 2.24) is 9.97 Å². The molecule has 2 heterocycles. The Labute approximate surface area is 171 Å². The SMILES string of the molecule is CC(=O)Nc1cccc(NC(=O)CCSc2ncnc3sc4c(c23)CCC4)c1. The predicted molar refractivity (Wildman–Crippen MR) is 114 cm³/mol. The fourth-order valence-corrected chi connectivity index (χ4v) is 5.61. The van der Waals surface area contributed by atoms with Gasteiger partial charge in [-0.1, -0.05) is 6.07 Å². The molecule has 2 amide bonds. The Morgan fingerprint density at radius 2 is 2.00 bits per heavy atom. The van der Waals surface area contributed by atoms with Crippen molar-refractivity contribution < 1.29 is 9.59 Å². The average molecular weight is 413 g/mol. The lowest BCUT2D eigenvalue weighted by Crippen LogP contribution is -2.13. The fraction of sp³-hybridized carbons (Fsp3) is 0.300. The van der Waals surface area contributed by atoms with E-state index in [0.717, 1.165) is 22.7 Å². The van der Waals surface area contributed by atoms with Crippen LogP contribution < -0.4 is 10.6 Å². The Morgan fingerprint density at radius 3 is 2.82 bits per heavy atom. The maximum absolute atomic E-state index is 12.3. The Bertz CT molecular complexity index is 1050. The summed E-state index contributed by atoms with van der Waals surface area (Å²) in [7, 11) is 0. The van der Waals surface area contributed by atoms with E-state index >= 15 is 0 Å². The van der Waals surface area contributed by atoms with Gasteiger partial charge in [-0.15, -0.1) is 23.1 Å². The molecular weight excluding hydrogens is 392 g/mol. The number of thiophene rings is 1. The van der Waals surface area contributed by atoms with E-state index in [1.807, 2.05) is 0 Å². The lowest BCUT2D eigenvalue weighted by Gasteiger charge is -2.08. The van der Waals surface area contributed by atoms with Gasteiger partial charge in [0.05, 0.1) is 0 Å². The molecule has 0 fully saturated rings. The number of amides is 2. The van der Waals surface area contributed by atoms with Gasteiger partial charge in [-0.3, -0.25) is 9.59 Å². The van der Waals surface area contributed by atoms with E-state index in [0.29, 0.717) is 23.5 Å². The number of carbonyl (C=O) groups excluding carboxylic acids is 2. The fourth-order valence-electron chi connectivity index (χ4n) is 3.35. The van der Waals surface area contributed by atoms with Crippen LogP contribution in [0.1, 0.15) is 30.2 Å². The van der Waals surface area contributed by atoms with Gasteiger partial charge in [-0.2, -0.15) is 0 Å². The summed E-state index contributed by atoms with van der Waals surface area (Å²) in [5, 5.41) is 7.76. The lowest BCUT2D eigenvalue weighted by molar-refractivity contribution is -0.116. The molecular formula is C20H20N4O2S2. The first-order valence-electron chi connectivity index (χ1n) is 9.15. The third-order valence-electron chi connectivity index (χ3n) is 4.50. The first-order chi connectivity index (χ1) is 13.6. The molecule has 1 aromatic carbocycles. The first-order valence-corrected chi connectivity index (χ1v) is 11.0. The Balaban J connectivity index is 1.36. The van der Waals surface area contributed by atoms with E-state index in [-0.39, 0.29) is 11.8 Å². The summed E-state index contributed by atoms with van der Waals surface area (Å²) < 4.78 is 0. The molecule has 4 rings (SSSR count). The number of hydrogen-bond acceptors (Lipinski definition) is 6. The molecule has 144 valence electrons. The number of carbonyl (C=O) groups is 2. The number of aryl methyl sites for hydroxylation is 2. The lowest BCUT2D eigenvalue weighted by atomic mass is 10.2. The molecule has 0 saturated heterocycles. The van der Waals surface area contributed by atoms with E-state index in [2.05, 4.69) is 20.6 Å². The summed E-state index contributed by atoms with van der Waals surface area (Å²) in [5.74, 6) is 0.442. The smallest absolute Gasteiger partial charge is 0.225 e. The number of rotatable bonds is 6. The summed E-state index contributed by atoms with van der Waals surface area (Å²) in [6.45, 7) is 1.45. The van der Waals surface area contributed by atoms with Crippen LogP contribution in [0.2, 0.25) is 0 Å². The zero-order valence-corrected chi connectivity index (χ0v) is 17.1. The molecule has 1 aliphatic rings. The maximum Gasteiger partial charge on any atom is 0.225 e. The second kappa shape index (κ2) is 8.28. The maximum atomic E-state index is 12.3. The number of benzene rings is 1. The molecule has 2 aromatic heterocycles. The van der Waals surface area contributed by atoms with Gasteiger partial charge in [0.2, 0.25) is 11.8 Å². The highest BCUT2D eigenvalue weighted by molar-refractivity contribution is 7.99. The number of anilines is 2. The molecule has 0 unspecified atom stereocenters. The molecule has 8 heteroatoms. The summed E-state index contributed by atoms with van der Waals surface area (Å²) in [6, 6.07) is 7.13. The van der Waals surface area contributed by atoms with E-state index in [1.54, 1.807) is 53.7 Å². The van der Waals surface area contributed by atoms with E-state index < -0.39 is 0 Å². The number of nitrogens with one attached hydrogen (secondary N) is 2. The number of fused-ring (bicyclic) bond motifs is 3. The third kappa shape index (κ3) is 4.18. The van der Waals surface area contributed by atoms with Gasteiger partial charge in [0.15, 0.2) is 0 Å². The van der Waals surface area contributed by atoms with Gasteiger partial charge in [-0.25, -0.2) is 9.97 Å². The van der Waals surface area contributed by atoms with Crippen LogP contribution >= 0.6 is 23.1 Å². The topological polar surface area (TPSA) is 84.0 Å². The summed E-state index contributed by atoms with van der Waals surface area (Å²) in [6.07, 6.45) is 5.44. The molecule has 3 aromatic rings.